The largest absolute Gasteiger partial charge is 0.374 e. The predicted octanol–water partition coefficient (Wildman–Crippen LogP) is 2.33. The number of ether oxygens (including phenoxy) is 1. The van der Waals surface area contributed by atoms with Crippen molar-refractivity contribution in [3.05, 3.63) is 29.8 Å². The van der Waals surface area contributed by atoms with Crippen molar-refractivity contribution in [2.24, 2.45) is 0 Å². The van der Waals surface area contributed by atoms with E-state index in [1.807, 2.05) is 24.3 Å². The number of benzene rings is 1. The fraction of sp³-hybridized carbons (Fsp3) is 0.538. The van der Waals surface area contributed by atoms with E-state index < -0.39 is 0 Å². The van der Waals surface area contributed by atoms with Gasteiger partial charge in [0, 0.05) is 0 Å². The van der Waals surface area contributed by atoms with Gasteiger partial charge in [0.2, 0.25) is 0 Å². The molecule has 1 aliphatic rings. The van der Waals surface area contributed by atoms with Gasteiger partial charge in [-0.05, 0) is 18.4 Å². The molecule has 2 rings (SSSR count). The van der Waals surface area contributed by atoms with Gasteiger partial charge in [0.25, 0.3) is 0 Å². The van der Waals surface area contributed by atoms with Gasteiger partial charge in [-0.15, -0.1) is 0 Å². The van der Waals surface area contributed by atoms with Crippen molar-refractivity contribution in [1.82, 2.24) is 0 Å². The van der Waals surface area contributed by atoms with E-state index in [0.717, 1.165) is 12.1 Å². The summed E-state index contributed by atoms with van der Waals surface area (Å²) in [4.78, 5) is 0. The van der Waals surface area contributed by atoms with Gasteiger partial charge in [-0.2, -0.15) is 0 Å². The van der Waals surface area contributed by atoms with Crippen molar-refractivity contribution in [3.8, 4) is 0 Å². The molecule has 0 saturated heterocycles. The lowest BCUT2D eigenvalue weighted by Crippen LogP contribution is -2.16. The Morgan fingerprint density at radius 3 is 2.40 bits per heavy atom. The van der Waals surface area contributed by atoms with E-state index in [2.05, 4.69) is 0 Å². The van der Waals surface area contributed by atoms with E-state index >= 15 is 0 Å². The van der Waals surface area contributed by atoms with Crippen LogP contribution in [0.2, 0.25) is 0 Å². The Morgan fingerprint density at radius 1 is 1.07 bits per heavy atom. The molecule has 2 heteroatoms. The van der Waals surface area contributed by atoms with E-state index in [-0.39, 0.29) is 0 Å². The molecule has 78 valence electrons. The zero-order valence-corrected chi connectivity index (χ0v) is 9.11. The van der Waals surface area contributed by atoms with Crippen LogP contribution < -0.4 is 5.46 Å². The molecule has 1 nitrogen and oxygen atoms in total. The van der Waals surface area contributed by atoms with Gasteiger partial charge in [0.05, 0.1) is 12.7 Å². The first kappa shape index (κ1) is 10.8. The highest BCUT2D eigenvalue weighted by Gasteiger charge is 2.13. The maximum atomic E-state index is 5.87. The lowest BCUT2D eigenvalue weighted by atomic mass is 9.95. The molecule has 0 heterocycles. The van der Waals surface area contributed by atoms with E-state index in [0.29, 0.717) is 6.10 Å². The molecule has 0 amide bonds. The van der Waals surface area contributed by atoms with Crippen molar-refractivity contribution in [2.45, 2.75) is 44.8 Å². The molecule has 0 aliphatic heterocycles. The zero-order chi connectivity index (χ0) is 10.5. The fourth-order valence-electron chi connectivity index (χ4n) is 2.06. The summed E-state index contributed by atoms with van der Waals surface area (Å²) in [6.07, 6.45) is 6.97. The molecule has 1 fully saturated rings. The molecule has 0 N–H and O–H groups in total. The summed E-state index contributed by atoms with van der Waals surface area (Å²) in [5.41, 5.74) is 2.03. The van der Waals surface area contributed by atoms with Crippen molar-refractivity contribution in [3.63, 3.8) is 0 Å². The molecule has 1 aromatic rings. The quantitative estimate of drug-likeness (QED) is 0.680. The van der Waals surface area contributed by atoms with Crippen LogP contribution in [0.1, 0.15) is 37.7 Å². The molecule has 1 saturated carbocycles. The molecule has 0 bridgehead atoms. The Bertz CT molecular complexity index is 288. The highest BCUT2D eigenvalue weighted by molar-refractivity contribution is 6.32. The molecule has 0 spiro atoms. The normalized spacial score (nSPS) is 17.9. The average Bonchev–Trinajstić information content (AvgIpc) is 2.30. The molecule has 1 aromatic carbocycles. The second kappa shape index (κ2) is 5.36. The van der Waals surface area contributed by atoms with Crippen molar-refractivity contribution >= 4 is 13.3 Å². The molecular formula is C13H17BO. The Labute approximate surface area is 93.2 Å². The van der Waals surface area contributed by atoms with Crippen LogP contribution in [0, 0.1) is 0 Å². The molecule has 0 unspecified atom stereocenters. The number of hydrogen-bond acceptors (Lipinski definition) is 1. The second-order valence-corrected chi connectivity index (χ2v) is 4.31. The molecule has 1 aliphatic carbocycles. The summed E-state index contributed by atoms with van der Waals surface area (Å²) in [5.74, 6) is 0. The van der Waals surface area contributed by atoms with Crippen molar-refractivity contribution in [2.75, 3.05) is 0 Å². The van der Waals surface area contributed by atoms with Crippen molar-refractivity contribution in [1.29, 1.82) is 0 Å². The minimum absolute atomic E-state index is 0.483. The molecular weight excluding hydrogens is 183 g/mol. The van der Waals surface area contributed by atoms with Crippen LogP contribution >= 0.6 is 0 Å². The lowest BCUT2D eigenvalue weighted by molar-refractivity contribution is 0.0169. The van der Waals surface area contributed by atoms with Gasteiger partial charge in [-0.25, -0.2) is 0 Å². The lowest BCUT2D eigenvalue weighted by Gasteiger charge is -2.22. The average molecular weight is 200 g/mol. The third-order valence-corrected chi connectivity index (χ3v) is 3.02. The van der Waals surface area contributed by atoms with E-state index in [9.17, 15) is 0 Å². The highest BCUT2D eigenvalue weighted by Crippen LogP contribution is 2.21. The Balaban J connectivity index is 1.79. The first-order valence-electron chi connectivity index (χ1n) is 5.80. The Morgan fingerprint density at radius 2 is 1.73 bits per heavy atom. The van der Waals surface area contributed by atoms with Crippen LogP contribution in [0.4, 0.5) is 0 Å². The number of hydrogen-bond donors (Lipinski definition) is 0. The highest BCUT2D eigenvalue weighted by atomic mass is 16.5. The summed E-state index contributed by atoms with van der Waals surface area (Å²) < 4.78 is 5.87. The van der Waals surface area contributed by atoms with Crippen LogP contribution in [0.25, 0.3) is 0 Å². The van der Waals surface area contributed by atoms with Crippen LogP contribution in [0.3, 0.4) is 0 Å². The predicted molar refractivity (Wildman–Crippen MR) is 63.5 cm³/mol. The molecule has 15 heavy (non-hydrogen) atoms. The Kier molecular flexibility index (Phi) is 3.84. The van der Waals surface area contributed by atoms with Gasteiger partial charge in [-0.3, -0.25) is 0 Å². The van der Waals surface area contributed by atoms with Crippen LogP contribution in [0.5, 0.6) is 0 Å². The summed E-state index contributed by atoms with van der Waals surface area (Å²) in [6, 6.07) is 7.94. The summed E-state index contributed by atoms with van der Waals surface area (Å²) in [5, 5.41) is 0. The maximum absolute atomic E-state index is 5.87. The maximum Gasteiger partial charge on any atom is 0.113 e. The Hall–Kier alpha value is -0.755. The van der Waals surface area contributed by atoms with Crippen molar-refractivity contribution < 1.29 is 4.74 Å². The second-order valence-electron chi connectivity index (χ2n) is 4.31. The third kappa shape index (κ3) is 3.38. The van der Waals surface area contributed by atoms with Crippen LogP contribution in [-0.4, -0.2) is 14.0 Å². The number of rotatable bonds is 3. The summed E-state index contributed by atoms with van der Waals surface area (Å²) in [6.45, 7) is 0.727. The van der Waals surface area contributed by atoms with E-state index in [4.69, 9.17) is 12.6 Å². The van der Waals surface area contributed by atoms with Gasteiger partial charge >= 0.3 is 0 Å². The van der Waals surface area contributed by atoms with Crippen LogP contribution in [0.15, 0.2) is 24.3 Å². The summed E-state index contributed by atoms with van der Waals surface area (Å²) >= 11 is 0. The third-order valence-electron chi connectivity index (χ3n) is 3.02. The van der Waals surface area contributed by atoms with E-state index in [1.54, 1.807) is 0 Å². The molecule has 0 atom stereocenters. The SMILES string of the molecule is [B]c1ccc(COC2CCCCC2)cc1. The molecule has 0 aromatic heterocycles. The minimum atomic E-state index is 0.483. The monoisotopic (exact) mass is 200 g/mol. The first-order valence-corrected chi connectivity index (χ1v) is 5.80. The zero-order valence-electron chi connectivity index (χ0n) is 9.11. The van der Waals surface area contributed by atoms with Gasteiger partial charge < -0.3 is 4.74 Å². The van der Waals surface area contributed by atoms with Gasteiger partial charge in [-0.1, -0.05) is 49.0 Å². The molecule has 2 radical (unpaired) electrons. The first-order chi connectivity index (χ1) is 7.34. The minimum Gasteiger partial charge on any atom is -0.374 e. The summed E-state index contributed by atoms with van der Waals surface area (Å²) in [7, 11) is 5.62. The standard InChI is InChI=1S/C13H17BO/c14-12-8-6-11(7-9-12)10-15-13-4-2-1-3-5-13/h6-9,13H,1-5,10H2. The van der Waals surface area contributed by atoms with Gasteiger partial charge in [0.1, 0.15) is 7.85 Å². The van der Waals surface area contributed by atoms with E-state index in [1.165, 1.54) is 37.7 Å². The van der Waals surface area contributed by atoms with Gasteiger partial charge in [0.15, 0.2) is 0 Å². The van der Waals surface area contributed by atoms with Crippen LogP contribution in [-0.2, 0) is 11.3 Å². The topological polar surface area (TPSA) is 9.23 Å². The smallest absolute Gasteiger partial charge is 0.113 e. The fourth-order valence-corrected chi connectivity index (χ4v) is 2.06.